The molecule has 0 spiro atoms. The summed E-state index contributed by atoms with van der Waals surface area (Å²) < 4.78 is 0. The van der Waals surface area contributed by atoms with Crippen molar-refractivity contribution in [2.45, 2.75) is 77.3 Å². The van der Waals surface area contributed by atoms with E-state index in [1.807, 2.05) is 18.7 Å². The van der Waals surface area contributed by atoms with Crippen LogP contribution in [0.1, 0.15) is 65.2 Å². The number of hydrogen-bond acceptors (Lipinski definition) is 2. The van der Waals surface area contributed by atoms with Crippen LogP contribution in [-0.2, 0) is 4.79 Å². The Morgan fingerprint density at radius 1 is 1.00 bits per heavy atom. The number of carbonyl (C=O) groups is 2. The zero-order valence-corrected chi connectivity index (χ0v) is 14.1. The number of hydrogen-bond donors (Lipinski definition) is 2. The molecule has 5 nitrogen and oxygen atoms in total. The van der Waals surface area contributed by atoms with Gasteiger partial charge in [-0.3, -0.25) is 4.79 Å². The Morgan fingerprint density at radius 3 is 2.09 bits per heavy atom. The summed E-state index contributed by atoms with van der Waals surface area (Å²) in [6.45, 7) is 5.56. The van der Waals surface area contributed by atoms with Gasteiger partial charge in [-0.05, 0) is 32.1 Å². The highest BCUT2D eigenvalue weighted by atomic mass is 16.2. The highest BCUT2D eigenvalue weighted by molar-refractivity contribution is 5.78. The summed E-state index contributed by atoms with van der Waals surface area (Å²) in [6, 6.07) is 0.518. The zero-order chi connectivity index (χ0) is 15.9. The van der Waals surface area contributed by atoms with Crippen molar-refractivity contribution in [1.82, 2.24) is 15.5 Å². The molecule has 1 saturated carbocycles. The quantitative estimate of drug-likeness (QED) is 0.838. The largest absolute Gasteiger partial charge is 0.342 e. The lowest BCUT2D eigenvalue weighted by atomic mass is 9.96. The Kier molecular flexibility index (Phi) is 6.52. The minimum absolute atomic E-state index is 0.0291. The molecule has 0 aromatic carbocycles. The molecule has 1 heterocycles. The first-order chi connectivity index (χ1) is 10.6. The van der Waals surface area contributed by atoms with Crippen molar-refractivity contribution in [2.75, 3.05) is 13.1 Å². The van der Waals surface area contributed by atoms with E-state index >= 15 is 0 Å². The molecule has 1 saturated heterocycles. The number of urea groups is 1. The fourth-order valence-corrected chi connectivity index (χ4v) is 3.39. The third-order valence-corrected chi connectivity index (χ3v) is 5.12. The van der Waals surface area contributed by atoms with Gasteiger partial charge in [0.05, 0.1) is 0 Å². The number of rotatable bonds is 4. The molecular weight excluding hydrogens is 278 g/mol. The summed E-state index contributed by atoms with van der Waals surface area (Å²) in [4.78, 5) is 26.1. The molecule has 0 radical (unpaired) electrons. The van der Waals surface area contributed by atoms with Crippen LogP contribution in [0.4, 0.5) is 4.79 Å². The predicted octanol–water partition coefficient (Wildman–Crippen LogP) is 2.66. The second-order valence-electron chi connectivity index (χ2n) is 6.86. The number of likely N-dealkylation sites (tertiary alicyclic amines) is 1. The minimum atomic E-state index is -0.0291. The van der Waals surface area contributed by atoms with Crippen molar-refractivity contribution in [3.8, 4) is 0 Å². The van der Waals surface area contributed by atoms with Gasteiger partial charge in [0.25, 0.3) is 0 Å². The van der Waals surface area contributed by atoms with Crippen LogP contribution in [0.15, 0.2) is 0 Å². The summed E-state index contributed by atoms with van der Waals surface area (Å²) >= 11 is 0. The fourth-order valence-electron chi connectivity index (χ4n) is 3.39. The lowest BCUT2D eigenvalue weighted by molar-refractivity contribution is -0.136. The van der Waals surface area contributed by atoms with Crippen LogP contribution in [-0.4, -0.2) is 42.0 Å². The van der Waals surface area contributed by atoms with E-state index in [0.717, 1.165) is 45.2 Å². The van der Waals surface area contributed by atoms with Crippen LogP contribution in [0.2, 0.25) is 0 Å². The molecule has 0 bridgehead atoms. The summed E-state index contributed by atoms with van der Waals surface area (Å²) in [6.07, 6.45) is 8.57. The molecule has 1 aliphatic heterocycles. The van der Waals surface area contributed by atoms with Gasteiger partial charge >= 0.3 is 6.03 Å². The monoisotopic (exact) mass is 309 g/mol. The van der Waals surface area contributed by atoms with E-state index in [1.165, 1.54) is 19.3 Å². The van der Waals surface area contributed by atoms with Gasteiger partial charge in [-0.2, -0.15) is 0 Å². The number of carbonyl (C=O) groups excluding carboxylic acids is 2. The summed E-state index contributed by atoms with van der Waals surface area (Å²) in [5.74, 6) is 0.367. The van der Waals surface area contributed by atoms with Crippen LogP contribution in [0.5, 0.6) is 0 Å². The smallest absolute Gasteiger partial charge is 0.315 e. The van der Waals surface area contributed by atoms with Crippen molar-refractivity contribution in [2.24, 2.45) is 5.92 Å². The molecule has 2 rings (SSSR count). The molecular formula is C17H31N3O2. The maximum absolute atomic E-state index is 12.1. The second kappa shape index (κ2) is 8.39. The predicted molar refractivity (Wildman–Crippen MR) is 87.6 cm³/mol. The third kappa shape index (κ3) is 4.89. The van der Waals surface area contributed by atoms with Gasteiger partial charge in [0, 0.05) is 31.1 Å². The van der Waals surface area contributed by atoms with Crippen LogP contribution < -0.4 is 10.6 Å². The lowest BCUT2D eigenvalue weighted by Crippen LogP contribution is -2.51. The Labute approximate surface area is 134 Å². The molecule has 5 heteroatoms. The SMILES string of the molecule is CCC(C)C(=O)N1CCC(NC(=O)NC2CCCCC2)CC1. The van der Waals surface area contributed by atoms with Gasteiger partial charge in [-0.1, -0.05) is 33.1 Å². The van der Waals surface area contributed by atoms with Crippen LogP contribution in [0, 0.1) is 5.92 Å². The standard InChI is InChI=1S/C17H31N3O2/c1-3-13(2)16(21)20-11-9-15(10-12-20)19-17(22)18-14-7-5-4-6-8-14/h13-15H,3-12H2,1-2H3,(H2,18,19,22). The van der Waals surface area contributed by atoms with Crippen molar-refractivity contribution in [3.05, 3.63) is 0 Å². The zero-order valence-electron chi connectivity index (χ0n) is 14.1. The normalized spacial score (nSPS) is 22.2. The average Bonchev–Trinajstić information content (AvgIpc) is 2.55. The minimum Gasteiger partial charge on any atom is -0.342 e. The first kappa shape index (κ1) is 17.1. The van der Waals surface area contributed by atoms with E-state index < -0.39 is 0 Å². The Bertz CT molecular complexity index is 372. The van der Waals surface area contributed by atoms with E-state index in [4.69, 9.17) is 0 Å². The molecule has 22 heavy (non-hydrogen) atoms. The van der Waals surface area contributed by atoms with Gasteiger partial charge < -0.3 is 15.5 Å². The van der Waals surface area contributed by atoms with Crippen LogP contribution >= 0.6 is 0 Å². The molecule has 2 aliphatic rings. The van der Waals surface area contributed by atoms with Gasteiger partial charge in [0.1, 0.15) is 0 Å². The molecule has 0 aromatic heterocycles. The fraction of sp³-hybridized carbons (Fsp3) is 0.882. The average molecular weight is 309 g/mol. The van der Waals surface area contributed by atoms with Crippen molar-refractivity contribution < 1.29 is 9.59 Å². The molecule has 3 amide bonds. The van der Waals surface area contributed by atoms with Crippen LogP contribution in [0.25, 0.3) is 0 Å². The highest BCUT2D eigenvalue weighted by Gasteiger charge is 2.26. The van der Waals surface area contributed by atoms with Gasteiger partial charge in [0.15, 0.2) is 0 Å². The summed E-state index contributed by atoms with van der Waals surface area (Å²) in [5, 5.41) is 6.18. The molecule has 0 aromatic rings. The Balaban J connectivity index is 1.68. The maximum Gasteiger partial charge on any atom is 0.315 e. The molecule has 1 aliphatic carbocycles. The first-order valence-corrected chi connectivity index (χ1v) is 8.96. The topological polar surface area (TPSA) is 61.4 Å². The molecule has 1 unspecified atom stereocenters. The van der Waals surface area contributed by atoms with E-state index in [2.05, 4.69) is 10.6 Å². The lowest BCUT2D eigenvalue weighted by Gasteiger charge is -2.34. The third-order valence-electron chi connectivity index (χ3n) is 5.12. The van der Waals surface area contributed by atoms with Gasteiger partial charge in [0.2, 0.25) is 5.91 Å². The van der Waals surface area contributed by atoms with Crippen molar-refractivity contribution in [3.63, 3.8) is 0 Å². The van der Waals surface area contributed by atoms with Gasteiger partial charge in [-0.25, -0.2) is 4.79 Å². The Morgan fingerprint density at radius 2 is 1.55 bits per heavy atom. The maximum atomic E-state index is 12.1. The van der Waals surface area contributed by atoms with E-state index in [9.17, 15) is 9.59 Å². The molecule has 126 valence electrons. The number of nitrogens with zero attached hydrogens (tertiary/aromatic N) is 1. The van der Waals surface area contributed by atoms with Gasteiger partial charge in [-0.15, -0.1) is 0 Å². The molecule has 2 N–H and O–H groups in total. The Hall–Kier alpha value is -1.26. The van der Waals surface area contributed by atoms with E-state index in [-0.39, 0.29) is 23.9 Å². The number of piperidine rings is 1. The van der Waals surface area contributed by atoms with Crippen molar-refractivity contribution in [1.29, 1.82) is 0 Å². The number of amides is 3. The number of nitrogens with one attached hydrogen (secondary N) is 2. The highest BCUT2D eigenvalue weighted by Crippen LogP contribution is 2.18. The summed E-state index contributed by atoms with van der Waals surface area (Å²) in [5.41, 5.74) is 0. The van der Waals surface area contributed by atoms with Crippen LogP contribution in [0.3, 0.4) is 0 Å². The molecule has 1 atom stereocenters. The first-order valence-electron chi connectivity index (χ1n) is 8.96. The second-order valence-corrected chi connectivity index (χ2v) is 6.86. The van der Waals surface area contributed by atoms with E-state index in [0.29, 0.717) is 6.04 Å². The van der Waals surface area contributed by atoms with Crippen molar-refractivity contribution >= 4 is 11.9 Å². The summed E-state index contributed by atoms with van der Waals surface area (Å²) in [7, 11) is 0. The van der Waals surface area contributed by atoms with E-state index in [1.54, 1.807) is 0 Å². The molecule has 2 fully saturated rings.